The van der Waals surface area contributed by atoms with Gasteiger partial charge in [0.25, 0.3) is 15.9 Å². The Morgan fingerprint density at radius 3 is 2.26 bits per heavy atom. The number of benzene rings is 4. The van der Waals surface area contributed by atoms with Crippen LogP contribution < -0.4 is 10.0 Å². The van der Waals surface area contributed by atoms with E-state index >= 15 is 0 Å². The molecule has 0 saturated carbocycles. The van der Waals surface area contributed by atoms with Gasteiger partial charge < -0.3 is 10.2 Å². The molecule has 1 aliphatic rings. The maximum absolute atomic E-state index is 13.0. The molecular formula is C31H26F3N3O4S2. The van der Waals surface area contributed by atoms with E-state index in [0.717, 1.165) is 29.7 Å². The van der Waals surface area contributed by atoms with Crippen molar-refractivity contribution in [1.82, 2.24) is 4.90 Å². The summed E-state index contributed by atoms with van der Waals surface area (Å²) in [6.07, 6.45) is -3.87. The predicted molar refractivity (Wildman–Crippen MR) is 160 cm³/mol. The molecule has 1 atom stereocenters. The van der Waals surface area contributed by atoms with Crippen LogP contribution in [0.2, 0.25) is 0 Å². The van der Waals surface area contributed by atoms with Gasteiger partial charge in [-0.3, -0.25) is 14.3 Å². The SMILES string of the molecule is O=C(Nc1ccc(S(=O)(=O)Nc2cccc(C(F)(F)F)c2)cc1)c1ccc([C@H]2SCC(=O)N2CCc2ccccc2)cc1. The normalized spacial score (nSPS) is 15.4. The van der Waals surface area contributed by atoms with Crippen LogP contribution in [0.25, 0.3) is 0 Å². The lowest BCUT2D eigenvalue weighted by Crippen LogP contribution is -2.30. The average Bonchev–Trinajstić information content (AvgIpc) is 3.36. The largest absolute Gasteiger partial charge is 0.416 e. The van der Waals surface area contributed by atoms with Crippen LogP contribution >= 0.6 is 11.8 Å². The molecular weight excluding hydrogens is 599 g/mol. The van der Waals surface area contributed by atoms with Crippen molar-refractivity contribution in [3.05, 3.63) is 125 Å². The molecule has 1 saturated heterocycles. The summed E-state index contributed by atoms with van der Waals surface area (Å²) in [6, 6.07) is 26.1. The summed E-state index contributed by atoms with van der Waals surface area (Å²) >= 11 is 1.54. The summed E-state index contributed by atoms with van der Waals surface area (Å²) in [5, 5.41) is 2.56. The first kappa shape index (κ1) is 30.2. The van der Waals surface area contributed by atoms with Gasteiger partial charge >= 0.3 is 6.18 Å². The fraction of sp³-hybridized carbons (Fsp3) is 0.161. The fourth-order valence-corrected chi connectivity index (χ4v) is 6.83. The quantitative estimate of drug-likeness (QED) is 0.219. The summed E-state index contributed by atoms with van der Waals surface area (Å²) in [5.74, 6) is 0.0478. The Morgan fingerprint density at radius 2 is 1.58 bits per heavy atom. The number of carbonyl (C=O) groups excluding carboxylic acids is 2. The molecule has 0 spiro atoms. The molecule has 12 heteroatoms. The second kappa shape index (κ2) is 12.5. The number of sulfonamides is 1. The van der Waals surface area contributed by atoms with E-state index in [0.29, 0.717) is 29.6 Å². The summed E-state index contributed by atoms with van der Waals surface area (Å²) in [6.45, 7) is 0.587. The minimum atomic E-state index is -4.61. The van der Waals surface area contributed by atoms with Crippen molar-refractivity contribution >= 4 is 45.0 Å². The molecule has 1 aliphatic heterocycles. The monoisotopic (exact) mass is 625 g/mol. The molecule has 5 rings (SSSR count). The minimum absolute atomic E-state index is 0.0724. The summed E-state index contributed by atoms with van der Waals surface area (Å²) in [7, 11) is -4.17. The molecule has 1 heterocycles. The number of amides is 2. The van der Waals surface area contributed by atoms with Crippen LogP contribution in [0.1, 0.15) is 32.4 Å². The Kier molecular flexibility index (Phi) is 8.79. The van der Waals surface area contributed by atoms with Crippen molar-refractivity contribution in [2.75, 3.05) is 22.3 Å². The molecule has 0 unspecified atom stereocenters. The molecule has 1 fully saturated rings. The molecule has 43 heavy (non-hydrogen) atoms. The lowest BCUT2D eigenvalue weighted by molar-refractivity contribution is -0.137. The second-order valence-electron chi connectivity index (χ2n) is 9.77. The first-order valence-electron chi connectivity index (χ1n) is 13.2. The molecule has 0 radical (unpaired) electrons. The third kappa shape index (κ3) is 7.38. The molecule has 7 nitrogen and oxygen atoms in total. The third-order valence-corrected chi connectivity index (χ3v) is 9.43. The number of nitrogens with zero attached hydrogens (tertiary/aromatic N) is 1. The smallest absolute Gasteiger partial charge is 0.326 e. The van der Waals surface area contributed by atoms with Gasteiger partial charge in [-0.1, -0.05) is 48.5 Å². The number of thioether (sulfide) groups is 1. The van der Waals surface area contributed by atoms with Crippen molar-refractivity contribution in [3.8, 4) is 0 Å². The van der Waals surface area contributed by atoms with E-state index in [1.165, 1.54) is 30.3 Å². The molecule has 0 bridgehead atoms. The van der Waals surface area contributed by atoms with Gasteiger partial charge in [-0.05, 0) is 72.1 Å². The molecule has 222 valence electrons. The van der Waals surface area contributed by atoms with E-state index in [1.54, 1.807) is 23.9 Å². The molecule has 4 aromatic carbocycles. The Hall–Kier alpha value is -4.29. The van der Waals surface area contributed by atoms with Gasteiger partial charge in [0, 0.05) is 23.5 Å². The number of alkyl halides is 3. The lowest BCUT2D eigenvalue weighted by atomic mass is 10.1. The standard InChI is InChI=1S/C31H26F3N3O4S2/c32-31(33,34)24-7-4-8-26(19-24)36-43(40,41)27-15-13-25(14-16-27)35-29(39)22-9-11-23(12-10-22)30-37(28(38)20-42-30)18-17-21-5-2-1-3-6-21/h1-16,19,30,36H,17-18,20H2,(H,35,39)/t30-/m1/s1. The van der Waals surface area contributed by atoms with Gasteiger partial charge in [-0.2, -0.15) is 13.2 Å². The van der Waals surface area contributed by atoms with Crippen molar-refractivity contribution in [2.24, 2.45) is 0 Å². The number of hydrogen-bond donors (Lipinski definition) is 2. The molecule has 2 amide bonds. The van der Waals surface area contributed by atoms with Crippen LogP contribution in [0.5, 0.6) is 0 Å². The first-order chi connectivity index (χ1) is 20.5. The Labute approximate surface area is 251 Å². The van der Waals surface area contributed by atoms with E-state index in [-0.39, 0.29) is 21.9 Å². The Morgan fingerprint density at radius 1 is 0.884 bits per heavy atom. The van der Waals surface area contributed by atoms with Gasteiger partial charge in [-0.25, -0.2) is 8.42 Å². The molecule has 0 aliphatic carbocycles. The van der Waals surface area contributed by atoms with Crippen LogP contribution in [0.4, 0.5) is 24.5 Å². The van der Waals surface area contributed by atoms with Crippen LogP contribution in [-0.4, -0.2) is 37.4 Å². The van der Waals surface area contributed by atoms with Crippen LogP contribution in [0.15, 0.2) is 108 Å². The highest BCUT2D eigenvalue weighted by Crippen LogP contribution is 2.38. The molecule has 4 aromatic rings. The van der Waals surface area contributed by atoms with E-state index in [1.807, 2.05) is 47.4 Å². The highest BCUT2D eigenvalue weighted by molar-refractivity contribution is 8.00. The first-order valence-corrected chi connectivity index (χ1v) is 15.7. The molecule has 2 N–H and O–H groups in total. The molecule has 0 aromatic heterocycles. The lowest BCUT2D eigenvalue weighted by Gasteiger charge is -2.24. The zero-order valence-corrected chi connectivity index (χ0v) is 24.2. The number of halogens is 3. The zero-order valence-electron chi connectivity index (χ0n) is 22.5. The van der Waals surface area contributed by atoms with Gasteiger partial charge in [0.15, 0.2) is 0 Å². The van der Waals surface area contributed by atoms with E-state index < -0.39 is 27.7 Å². The minimum Gasteiger partial charge on any atom is -0.326 e. The number of nitrogens with one attached hydrogen (secondary N) is 2. The van der Waals surface area contributed by atoms with E-state index in [9.17, 15) is 31.2 Å². The summed E-state index contributed by atoms with van der Waals surface area (Å²) in [5.41, 5.74) is 1.55. The van der Waals surface area contributed by atoms with Crippen molar-refractivity contribution in [1.29, 1.82) is 0 Å². The van der Waals surface area contributed by atoms with Crippen LogP contribution in [-0.2, 0) is 27.4 Å². The zero-order chi connectivity index (χ0) is 30.6. The number of rotatable bonds is 9. The van der Waals surface area contributed by atoms with Gasteiger partial charge in [0.05, 0.1) is 16.2 Å². The van der Waals surface area contributed by atoms with Crippen LogP contribution in [0.3, 0.4) is 0 Å². The van der Waals surface area contributed by atoms with Crippen molar-refractivity contribution in [3.63, 3.8) is 0 Å². The van der Waals surface area contributed by atoms with Gasteiger partial charge in [0.2, 0.25) is 5.91 Å². The number of hydrogen-bond acceptors (Lipinski definition) is 5. The predicted octanol–water partition coefficient (Wildman–Crippen LogP) is 6.58. The second-order valence-corrected chi connectivity index (χ2v) is 12.5. The average molecular weight is 626 g/mol. The van der Waals surface area contributed by atoms with Gasteiger partial charge in [-0.15, -0.1) is 11.8 Å². The fourth-order valence-electron chi connectivity index (χ4n) is 4.56. The highest BCUT2D eigenvalue weighted by Gasteiger charge is 2.33. The summed E-state index contributed by atoms with van der Waals surface area (Å²) in [4.78, 5) is 27.1. The maximum atomic E-state index is 13.0. The van der Waals surface area contributed by atoms with Crippen molar-refractivity contribution in [2.45, 2.75) is 22.9 Å². The maximum Gasteiger partial charge on any atom is 0.416 e. The number of anilines is 2. The Bertz CT molecular complexity index is 1710. The van der Waals surface area contributed by atoms with Gasteiger partial charge in [0.1, 0.15) is 5.37 Å². The van der Waals surface area contributed by atoms with E-state index in [4.69, 9.17) is 0 Å². The Balaban J connectivity index is 1.20. The third-order valence-electron chi connectivity index (χ3n) is 6.77. The topological polar surface area (TPSA) is 95.6 Å². The highest BCUT2D eigenvalue weighted by atomic mass is 32.2. The van der Waals surface area contributed by atoms with E-state index in [2.05, 4.69) is 10.0 Å². The van der Waals surface area contributed by atoms with Crippen molar-refractivity contribution < 1.29 is 31.2 Å². The summed E-state index contributed by atoms with van der Waals surface area (Å²) < 4.78 is 66.5. The number of carbonyl (C=O) groups is 2. The van der Waals surface area contributed by atoms with Crippen LogP contribution in [0, 0.1) is 0 Å².